The molecule has 6 heteroatoms. The van der Waals surface area contributed by atoms with Crippen LogP contribution in [0.5, 0.6) is 0 Å². The summed E-state index contributed by atoms with van der Waals surface area (Å²) in [6.07, 6.45) is 1.90. The summed E-state index contributed by atoms with van der Waals surface area (Å²) >= 11 is 3.79. The summed E-state index contributed by atoms with van der Waals surface area (Å²) in [5, 5.41) is 11.0. The van der Waals surface area contributed by atoms with Crippen LogP contribution >= 0.6 is 23.5 Å². The van der Waals surface area contributed by atoms with Crippen molar-refractivity contribution in [1.29, 1.82) is 0 Å². The van der Waals surface area contributed by atoms with Gasteiger partial charge in [0, 0.05) is 27.8 Å². The second kappa shape index (κ2) is 8.02. The number of hydrogen-bond acceptors (Lipinski definition) is 5. The van der Waals surface area contributed by atoms with E-state index in [1.165, 1.54) is 0 Å². The van der Waals surface area contributed by atoms with Gasteiger partial charge in [-0.05, 0) is 19.3 Å². The maximum atomic E-state index is 11.4. The fourth-order valence-electron chi connectivity index (χ4n) is 2.12. The molecule has 0 radical (unpaired) electrons. The van der Waals surface area contributed by atoms with Crippen LogP contribution in [0.3, 0.4) is 0 Å². The Morgan fingerprint density at radius 1 is 1.28 bits per heavy atom. The summed E-state index contributed by atoms with van der Waals surface area (Å²) in [6, 6.07) is 0. The van der Waals surface area contributed by atoms with Crippen molar-refractivity contribution in [3.8, 4) is 0 Å². The fourth-order valence-corrected chi connectivity index (χ4v) is 6.20. The molecular weight excluding hydrogens is 288 g/mol. The second-order valence-corrected chi connectivity index (χ2v) is 9.70. The highest BCUT2D eigenvalue weighted by atomic mass is 32.2. The number of rotatable bonds is 7. The van der Waals surface area contributed by atoms with E-state index in [4.69, 9.17) is 0 Å². The van der Waals surface area contributed by atoms with E-state index in [1.807, 2.05) is 23.5 Å². The fraction of sp³-hybridized carbons (Fsp3) is 1.00. The lowest BCUT2D eigenvalue weighted by Crippen LogP contribution is -2.36. The Bertz CT molecular complexity index is 329. The van der Waals surface area contributed by atoms with Crippen LogP contribution in [0, 0.1) is 0 Å². The highest BCUT2D eigenvalue weighted by Gasteiger charge is 2.30. The maximum absolute atomic E-state index is 11.4. The Balaban J connectivity index is 2.37. The Morgan fingerprint density at radius 3 is 2.56 bits per heavy atom. The van der Waals surface area contributed by atoms with Gasteiger partial charge in [-0.2, -0.15) is 23.5 Å². The van der Waals surface area contributed by atoms with Crippen molar-refractivity contribution < 1.29 is 13.5 Å². The molecule has 0 aromatic heterocycles. The van der Waals surface area contributed by atoms with Crippen molar-refractivity contribution in [2.24, 2.45) is 0 Å². The molecule has 0 aromatic rings. The molecule has 0 aliphatic carbocycles. The first-order valence-corrected chi connectivity index (χ1v) is 10.5. The summed E-state index contributed by atoms with van der Waals surface area (Å²) in [6.45, 7) is 3.83. The van der Waals surface area contributed by atoms with Gasteiger partial charge in [0.1, 0.15) is 9.84 Å². The molecule has 0 aromatic carbocycles. The molecule has 1 saturated heterocycles. The molecule has 108 valence electrons. The maximum Gasteiger partial charge on any atom is 0.150 e. The first-order valence-electron chi connectivity index (χ1n) is 6.62. The molecule has 3 unspecified atom stereocenters. The van der Waals surface area contributed by atoms with Crippen molar-refractivity contribution >= 4 is 33.4 Å². The predicted octanol–water partition coefficient (Wildman–Crippen LogP) is 2.19. The minimum Gasteiger partial charge on any atom is -0.392 e. The average molecular weight is 313 g/mol. The number of thioether (sulfide) groups is 2. The summed E-state index contributed by atoms with van der Waals surface area (Å²) in [4.78, 5) is 0. The van der Waals surface area contributed by atoms with Crippen molar-refractivity contribution in [3.05, 3.63) is 0 Å². The van der Waals surface area contributed by atoms with Gasteiger partial charge in [-0.3, -0.25) is 0 Å². The second-order valence-electron chi connectivity index (χ2n) is 4.60. The molecule has 1 rings (SSSR count). The predicted molar refractivity (Wildman–Crippen MR) is 82.4 cm³/mol. The largest absolute Gasteiger partial charge is 0.392 e. The zero-order valence-electron chi connectivity index (χ0n) is 11.2. The number of hydrogen-bond donors (Lipinski definition) is 1. The van der Waals surface area contributed by atoms with Gasteiger partial charge in [0.2, 0.25) is 0 Å². The van der Waals surface area contributed by atoms with E-state index in [1.54, 1.807) is 6.92 Å². The van der Waals surface area contributed by atoms with E-state index >= 15 is 0 Å². The molecule has 1 aliphatic heterocycles. The number of sulfone groups is 1. The Kier molecular flexibility index (Phi) is 7.43. The third-order valence-corrected chi connectivity index (χ3v) is 8.45. The van der Waals surface area contributed by atoms with E-state index in [-0.39, 0.29) is 22.9 Å². The minimum absolute atomic E-state index is 0.203. The van der Waals surface area contributed by atoms with Crippen molar-refractivity contribution in [1.82, 2.24) is 0 Å². The van der Waals surface area contributed by atoms with Crippen LogP contribution in [0.15, 0.2) is 0 Å². The number of aliphatic hydroxyl groups is 1. The van der Waals surface area contributed by atoms with Crippen LogP contribution < -0.4 is 0 Å². The molecular formula is C12H24O3S3. The van der Waals surface area contributed by atoms with Crippen LogP contribution in [0.1, 0.15) is 33.1 Å². The van der Waals surface area contributed by atoms with Gasteiger partial charge in [0.15, 0.2) is 0 Å². The standard InChI is InChI=1S/C12H24O3S3/c1-3-11-12(17-8-7-16-11)10(13)6-5-9-18(14,15)4-2/h10-13H,3-9H2,1-2H3. The van der Waals surface area contributed by atoms with Crippen molar-refractivity contribution in [2.45, 2.75) is 49.7 Å². The Hall–Kier alpha value is 0.610. The lowest BCUT2D eigenvalue weighted by molar-refractivity contribution is 0.158. The summed E-state index contributed by atoms with van der Waals surface area (Å²) in [5.41, 5.74) is 0. The zero-order chi connectivity index (χ0) is 13.6. The van der Waals surface area contributed by atoms with Gasteiger partial charge < -0.3 is 5.11 Å². The monoisotopic (exact) mass is 312 g/mol. The van der Waals surface area contributed by atoms with E-state index in [0.717, 1.165) is 17.9 Å². The van der Waals surface area contributed by atoms with Gasteiger partial charge in [-0.1, -0.05) is 13.8 Å². The highest BCUT2D eigenvalue weighted by molar-refractivity contribution is 8.07. The lowest BCUT2D eigenvalue weighted by Gasteiger charge is -2.33. The average Bonchev–Trinajstić information content (AvgIpc) is 2.38. The third kappa shape index (κ3) is 5.31. The molecule has 0 amide bonds. The van der Waals surface area contributed by atoms with Gasteiger partial charge >= 0.3 is 0 Å². The van der Waals surface area contributed by atoms with Crippen LogP contribution in [0.25, 0.3) is 0 Å². The van der Waals surface area contributed by atoms with Gasteiger partial charge in [-0.15, -0.1) is 0 Å². The molecule has 0 saturated carbocycles. The lowest BCUT2D eigenvalue weighted by atomic mass is 10.1. The zero-order valence-corrected chi connectivity index (χ0v) is 13.6. The molecule has 1 fully saturated rings. The van der Waals surface area contributed by atoms with E-state index in [0.29, 0.717) is 18.1 Å². The topological polar surface area (TPSA) is 54.4 Å². The van der Waals surface area contributed by atoms with Crippen LogP contribution in [0.4, 0.5) is 0 Å². The smallest absolute Gasteiger partial charge is 0.150 e. The van der Waals surface area contributed by atoms with E-state index in [9.17, 15) is 13.5 Å². The van der Waals surface area contributed by atoms with E-state index in [2.05, 4.69) is 6.92 Å². The molecule has 18 heavy (non-hydrogen) atoms. The molecule has 1 N–H and O–H groups in total. The normalized spacial score (nSPS) is 27.1. The van der Waals surface area contributed by atoms with Gasteiger partial charge in [0.05, 0.1) is 11.9 Å². The van der Waals surface area contributed by atoms with Crippen molar-refractivity contribution in [2.75, 3.05) is 23.0 Å². The van der Waals surface area contributed by atoms with Crippen molar-refractivity contribution in [3.63, 3.8) is 0 Å². The summed E-state index contributed by atoms with van der Waals surface area (Å²) in [7, 11) is -2.89. The van der Waals surface area contributed by atoms with Gasteiger partial charge in [-0.25, -0.2) is 8.42 Å². The van der Waals surface area contributed by atoms with E-state index < -0.39 is 9.84 Å². The van der Waals surface area contributed by atoms with Crippen LogP contribution in [-0.2, 0) is 9.84 Å². The van der Waals surface area contributed by atoms with Gasteiger partial charge in [0.25, 0.3) is 0 Å². The first kappa shape index (κ1) is 16.7. The Morgan fingerprint density at radius 2 is 1.94 bits per heavy atom. The van der Waals surface area contributed by atoms with Crippen LogP contribution in [-0.4, -0.2) is 53.1 Å². The molecule has 1 aliphatic rings. The Labute approximate surface area is 119 Å². The summed E-state index contributed by atoms with van der Waals surface area (Å²) < 4.78 is 22.8. The minimum atomic E-state index is -2.89. The van der Waals surface area contributed by atoms with Crippen LogP contribution in [0.2, 0.25) is 0 Å². The molecule has 0 spiro atoms. The quantitative estimate of drug-likeness (QED) is 0.781. The third-order valence-electron chi connectivity index (χ3n) is 3.27. The summed E-state index contributed by atoms with van der Waals surface area (Å²) in [5.74, 6) is 2.67. The molecule has 0 bridgehead atoms. The SMILES string of the molecule is CCC1SCCSC1C(O)CCCS(=O)(=O)CC. The first-order chi connectivity index (χ1) is 8.50. The number of aliphatic hydroxyl groups excluding tert-OH is 1. The molecule has 1 heterocycles. The molecule has 3 atom stereocenters. The molecule has 3 nitrogen and oxygen atoms in total. The highest BCUT2D eigenvalue weighted by Crippen LogP contribution is 2.36.